The van der Waals surface area contributed by atoms with Crippen molar-refractivity contribution in [3.8, 4) is 0 Å². The predicted octanol–water partition coefficient (Wildman–Crippen LogP) is 4.24. The average molecular weight is 265 g/mol. The van der Waals surface area contributed by atoms with Gasteiger partial charge in [-0.25, -0.2) is 0 Å². The molecule has 0 saturated heterocycles. The molecule has 2 nitrogen and oxygen atoms in total. The fourth-order valence-corrected chi connectivity index (χ4v) is 4.33. The zero-order valence-electron chi connectivity index (χ0n) is 11.6. The summed E-state index contributed by atoms with van der Waals surface area (Å²) in [6.07, 6.45) is 9.73. The minimum atomic E-state index is 0.307. The van der Waals surface area contributed by atoms with Crippen LogP contribution in [0.25, 0.3) is 10.8 Å². The van der Waals surface area contributed by atoms with Crippen LogP contribution in [-0.2, 0) is 0 Å². The first-order valence-corrected chi connectivity index (χ1v) is 7.67. The SMILES string of the molecule is O=C(CC1CC2CCC1C2)c1cccc2ccncc12. The quantitative estimate of drug-likeness (QED) is 0.777. The third-order valence-electron chi connectivity index (χ3n) is 5.32. The maximum Gasteiger partial charge on any atom is 0.163 e. The summed E-state index contributed by atoms with van der Waals surface area (Å²) < 4.78 is 0. The molecule has 102 valence electrons. The van der Waals surface area contributed by atoms with E-state index in [0.29, 0.717) is 11.7 Å². The van der Waals surface area contributed by atoms with E-state index >= 15 is 0 Å². The Kier molecular flexibility index (Phi) is 2.83. The minimum Gasteiger partial charge on any atom is -0.294 e. The van der Waals surface area contributed by atoms with E-state index in [1.54, 1.807) is 6.20 Å². The highest BCUT2D eigenvalue weighted by Gasteiger charge is 2.40. The summed E-state index contributed by atoms with van der Waals surface area (Å²) in [4.78, 5) is 16.8. The molecular weight excluding hydrogens is 246 g/mol. The Balaban J connectivity index is 1.61. The first-order valence-electron chi connectivity index (χ1n) is 7.67. The van der Waals surface area contributed by atoms with Crippen LogP contribution in [0.1, 0.15) is 42.5 Å². The molecule has 2 saturated carbocycles. The van der Waals surface area contributed by atoms with Crippen LogP contribution < -0.4 is 0 Å². The lowest BCUT2D eigenvalue weighted by Gasteiger charge is -2.21. The average Bonchev–Trinajstić information content (AvgIpc) is 3.09. The Morgan fingerprint density at radius 2 is 2.15 bits per heavy atom. The van der Waals surface area contributed by atoms with E-state index in [4.69, 9.17) is 0 Å². The number of carbonyl (C=O) groups is 1. The van der Waals surface area contributed by atoms with Crippen molar-refractivity contribution < 1.29 is 4.79 Å². The molecule has 3 unspecified atom stereocenters. The fourth-order valence-electron chi connectivity index (χ4n) is 4.33. The number of carbonyl (C=O) groups excluding carboxylic acids is 1. The van der Waals surface area contributed by atoms with E-state index in [9.17, 15) is 4.79 Å². The van der Waals surface area contributed by atoms with Crippen molar-refractivity contribution in [2.45, 2.75) is 32.1 Å². The van der Waals surface area contributed by atoms with E-state index in [1.807, 2.05) is 30.5 Å². The van der Waals surface area contributed by atoms with E-state index < -0.39 is 0 Å². The molecule has 0 amide bonds. The zero-order chi connectivity index (χ0) is 13.5. The van der Waals surface area contributed by atoms with E-state index in [1.165, 1.54) is 25.7 Å². The zero-order valence-corrected chi connectivity index (χ0v) is 11.6. The Morgan fingerprint density at radius 1 is 1.20 bits per heavy atom. The molecule has 2 fully saturated rings. The van der Waals surface area contributed by atoms with Crippen molar-refractivity contribution in [1.29, 1.82) is 0 Å². The number of pyridine rings is 1. The van der Waals surface area contributed by atoms with Crippen LogP contribution in [0.2, 0.25) is 0 Å². The third-order valence-corrected chi connectivity index (χ3v) is 5.32. The van der Waals surface area contributed by atoms with Gasteiger partial charge in [0.2, 0.25) is 0 Å². The normalized spacial score (nSPS) is 28.1. The van der Waals surface area contributed by atoms with Crippen LogP contribution in [0.4, 0.5) is 0 Å². The van der Waals surface area contributed by atoms with Gasteiger partial charge < -0.3 is 0 Å². The molecule has 4 rings (SSSR count). The van der Waals surface area contributed by atoms with Crippen molar-refractivity contribution in [3.05, 3.63) is 42.2 Å². The number of Topliss-reactive ketones (excluding diaryl/α,β-unsaturated/α-hetero) is 1. The lowest BCUT2D eigenvalue weighted by atomic mass is 9.84. The van der Waals surface area contributed by atoms with Crippen molar-refractivity contribution in [2.75, 3.05) is 0 Å². The largest absolute Gasteiger partial charge is 0.294 e. The lowest BCUT2D eigenvalue weighted by Crippen LogP contribution is -2.15. The summed E-state index contributed by atoms with van der Waals surface area (Å²) in [6.45, 7) is 0. The highest BCUT2D eigenvalue weighted by atomic mass is 16.1. The molecule has 1 aromatic heterocycles. The number of rotatable bonds is 3. The Labute approximate surface area is 119 Å². The lowest BCUT2D eigenvalue weighted by molar-refractivity contribution is 0.0946. The summed E-state index contributed by atoms with van der Waals surface area (Å²) in [7, 11) is 0. The van der Waals surface area contributed by atoms with Crippen molar-refractivity contribution >= 4 is 16.6 Å². The van der Waals surface area contributed by atoms with Crippen LogP contribution >= 0.6 is 0 Å². The van der Waals surface area contributed by atoms with Gasteiger partial charge in [0.05, 0.1) is 0 Å². The molecule has 1 aromatic carbocycles. The molecule has 2 heteroatoms. The highest BCUT2D eigenvalue weighted by molar-refractivity contribution is 6.07. The van der Waals surface area contributed by atoms with Gasteiger partial charge in [0, 0.05) is 29.8 Å². The maximum absolute atomic E-state index is 12.7. The minimum absolute atomic E-state index is 0.307. The summed E-state index contributed by atoms with van der Waals surface area (Å²) in [5.41, 5.74) is 0.860. The predicted molar refractivity (Wildman–Crippen MR) is 79.6 cm³/mol. The van der Waals surface area contributed by atoms with Crippen molar-refractivity contribution in [3.63, 3.8) is 0 Å². The molecule has 20 heavy (non-hydrogen) atoms. The number of benzene rings is 1. The van der Waals surface area contributed by atoms with Gasteiger partial charge in [-0.05, 0) is 48.5 Å². The van der Waals surface area contributed by atoms with Gasteiger partial charge in [-0.3, -0.25) is 9.78 Å². The monoisotopic (exact) mass is 265 g/mol. The maximum atomic E-state index is 12.7. The van der Waals surface area contributed by atoms with Gasteiger partial charge in [0.25, 0.3) is 0 Å². The molecule has 2 bridgehead atoms. The van der Waals surface area contributed by atoms with E-state index in [0.717, 1.165) is 34.6 Å². The molecule has 2 aliphatic carbocycles. The molecule has 2 aromatic rings. The van der Waals surface area contributed by atoms with E-state index in [2.05, 4.69) is 4.98 Å². The van der Waals surface area contributed by atoms with Gasteiger partial charge in [-0.1, -0.05) is 24.6 Å². The number of ketones is 1. The summed E-state index contributed by atoms with van der Waals surface area (Å²) in [5.74, 6) is 2.67. The van der Waals surface area contributed by atoms with Crippen molar-refractivity contribution in [2.24, 2.45) is 17.8 Å². The third kappa shape index (κ3) is 1.94. The van der Waals surface area contributed by atoms with Gasteiger partial charge in [0.15, 0.2) is 5.78 Å². The number of hydrogen-bond acceptors (Lipinski definition) is 2. The molecule has 2 aliphatic rings. The molecule has 0 N–H and O–H groups in total. The Morgan fingerprint density at radius 3 is 2.95 bits per heavy atom. The van der Waals surface area contributed by atoms with Gasteiger partial charge in [-0.2, -0.15) is 0 Å². The smallest absolute Gasteiger partial charge is 0.163 e. The summed E-state index contributed by atoms with van der Waals surface area (Å²) in [5, 5.41) is 2.11. The topological polar surface area (TPSA) is 30.0 Å². The molecule has 1 heterocycles. The first kappa shape index (κ1) is 12.1. The molecule has 0 radical (unpaired) electrons. The standard InChI is InChI=1S/C18H19NO/c20-18(10-15-9-12-4-5-14(15)8-12)16-3-1-2-13-6-7-19-11-17(13)16/h1-3,6-7,11-12,14-15H,4-5,8-10H2. The molecule has 0 aliphatic heterocycles. The highest BCUT2D eigenvalue weighted by Crippen LogP contribution is 2.49. The fraction of sp³-hybridized carbons (Fsp3) is 0.444. The summed E-state index contributed by atoms with van der Waals surface area (Å²) in [6, 6.07) is 7.96. The number of hydrogen-bond donors (Lipinski definition) is 0. The van der Waals surface area contributed by atoms with Gasteiger partial charge in [-0.15, -0.1) is 0 Å². The van der Waals surface area contributed by atoms with Crippen LogP contribution in [0.3, 0.4) is 0 Å². The second-order valence-corrected chi connectivity index (χ2v) is 6.46. The van der Waals surface area contributed by atoms with Gasteiger partial charge >= 0.3 is 0 Å². The van der Waals surface area contributed by atoms with Crippen molar-refractivity contribution in [1.82, 2.24) is 4.98 Å². The second kappa shape index (κ2) is 4.69. The molecule has 3 atom stereocenters. The van der Waals surface area contributed by atoms with Crippen LogP contribution in [0, 0.1) is 17.8 Å². The van der Waals surface area contributed by atoms with Gasteiger partial charge in [0.1, 0.15) is 0 Å². The number of fused-ring (bicyclic) bond motifs is 3. The second-order valence-electron chi connectivity index (χ2n) is 6.46. The Bertz CT molecular complexity index is 658. The van der Waals surface area contributed by atoms with Crippen LogP contribution in [-0.4, -0.2) is 10.8 Å². The first-order chi connectivity index (χ1) is 9.81. The Hall–Kier alpha value is -1.70. The molecule has 0 spiro atoms. The van der Waals surface area contributed by atoms with Crippen LogP contribution in [0.15, 0.2) is 36.7 Å². The number of nitrogens with zero attached hydrogens (tertiary/aromatic N) is 1. The molecular formula is C18H19NO. The number of aromatic nitrogens is 1. The van der Waals surface area contributed by atoms with E-state index in [-0.39, 0.29) is 0 Å². The van der Waals surface area contributed by atoms with Crippen LogP contribution in [0.5, 0.6) is 0 Å². The summed E-state index contributed by atoms with van der Waals surface area (Å²) >= 11 is 0.